The Bertz CT molecular complexity index is 340. The summed E-state index contributed by atoms with van der Waals surface area (Å²) in [6.45, 7) is 5.12. The monoisotopic (exact) mass is 192 g/mol. The average molecular weight is 192 g/mol. The standard InChI is InChI=1S/C12H16O2/c1-8-4-10(5-11-7-14-11)6-12(13-3)9(8)2/h4,6,11H,5,7H2,1-3H3. The van der Waals surface area contributed by atoms with Crippen LogP contribution in [0.4, 0.5) is 0 Å². The zero-order valence-electron chi connectivity index (χ0n) is 8.96. The minimum absolute atomic E-state index is 0.446. The minimum Gasteiger partial charge on any atom is -0.496 e. The summed E-state index contributed by atoms with van der Waals surface area (Å²) in [6, 6.07) is 4.34. The van der Waals surface area contributed by atoms with Crippen LogP contribution in [0, 0.1) is 13.8 Å². The van der Waals surface area contributed by atoms with E-state index in [0.717, 1.165) is 18.8 Å². The maximum Gasteiger partial charge on any atom is 0.122 e. The van der Waals surface area contributed by atoms with E-state index in [2.05, 4.69) is 26.0 Å². The van der Waals surface area contributed by atoms with Gasteiger partial charge < -0.3 is 9.47 Å². The summed E-state index contributed by atoms with van der Waals surface area (Å²) in [4.78, 5) is 0. The Balaban J connectivity index is 2.27. The number of aryl methyl sites for hydroxylation is 1. The van der Waals surface area contributed by atoms with Gasteiger partial charge in [0.25, 0.3) is 0 Å². The first kappa shape index (κ1) is 9.53. The summed E-state index contributed by atoms with van der Waals surface area (Å²) >= 11 is 0. The van der Waals surface area contributed by atoms with Crippen LogP contribution in [0.3, 0.4) is 0 Å². The molecule has 0 spiro atoms. The van der Waals surface area contributed by atoms with Crippen LogP contribution in [-0.4, -0.2) is 19.8 Å². The number of hydrogen-bond donors (Lipinski definition) is 0. The molecule has 1 aliphatic rings. The molecule has 14 heavy (non-hydrogen) atoms. The predicted octanol–water partition coefficient (Wildman–Crippen LogP) is 2.25. The Kier molecular flexibility index (Phi) is 2.46. The molecule has 1 unspecified atom stereocenters. The second kappa shape index (κ2) is 3.62. The van der Waals surface area contributed by atoms with Crippen LogP contribution >= 0.6 is 0 Å². The third-order valence-corrected chi connectivity index (χ3v) is 2.77. The van der Waals surface area contributed by atoms with Crippen molar-refractivity contribution in [2.75, 3.05) is 13.7 Å². The second-order valence-electron chi connectivity index (χ2n) is 3.90. The summed E-state index contributed by atoms with van der Waals surface area (Å²) < 4.78 is 10.5. The summed E-state index contributed by atoms with van der Waals surface area (Å²) in [7, 11) is 1.72. The summed E-state index contributed by atoms with van der Waals surface area (Å²) in [5.74, 6) is 0.987. The van der Waals surface area contributed by atoms with E-state index in [1.807, 2.05) is 0 Å². The molecule has 1 aromatic carbocycles. The van der Waals surface area contributed by atoms with Gasteiger partial charge in [-0.25, -0.2) is 0 Å². The molecule has 1 fully saturated rings. The fourth-order valence-electron chi connectivity index (χ4n) is 1.68. The van der Waals surface area contributed by atoms with Crippen molar-refractivity contribution >= 4 is 0 Å². The van der Waals surface area contributed by atoms with Gasteiger partial charge in [0.05, 0.1) is 19.8 Å². The Morgan fingerprint density at radius 2 is 2.14 bits per heavy atom. The Hall–Kier alpha value is -1.02. The van der Waals surface area contributed by atoms with Crippen molar-refractivity contribution in [3.8, 4) is 5.75 Å². The molecule has 0 N–H and O–H groups in total. The number of methoxy groups -OCH3 is 1. The topological polar surface area (TPSA) is 21.8 Å². The van der Waals surface area contributed by atoms with E-state index in [1.165, 1.54) is 16.7 Å². The molecule has 1 aliphatic heterocycles. The maximum absolute atomic E-state index is 5.33. The van der Waals surface area contributed by atoms with E-state index in [0.29, 0.717) is 6.10 Å². The number of hydrogen-bond acceptors (Lipinski definition) is 2. The van der Waals surface area contributed by atoms with Gasteiger partial charge in [-0.1, -0.05) is 6.07 Å². The lowest BCUT2D eigenvalue weighted by Crippen LogP contribution is -1.97. The molecule has 76 valence electrons. The molecule has 1 aromatic rings. The van der Waals surface area contributed by atoms with Crippen LogP contribution < -0.4 is 4.74 Å². The quantitative estimate of drug-likeness (QED) is 0.685. The van der Waals surface area contributed by atoms with Crippen molar-refractivity contribution < 1.29 is 9.47 Å². The fraction of sp³-hybridized carbons (Fsp3) is 0.500. The average Bonchev–Trinajstić information content (AvgIpc) is 2.95. The van der Waals surface area contributed by atoms with Crippen molar-refractivity contribution in [1.82, 2.24) is 0 Å². The molecule has 0 radical (unpaired) electrons. The van der Waals surface area contributed by atoms with E-state index in [9.17, 15) is 0 Å². The highest BCUT2D eigenvalue weighted by Crippen LogP contribution is 2.25. The van der Waals surface area contributed by atoms with Crippen molar-refractivity contribution in [2.24, 2.45) is 0 Å². The third kappa shape index (κ3) is 1.90. The maximum atomic E-state index is 5.33. The highest BCUT2D eigenvalue weighted by atomic mass is 16.6. The predicted molar refractivity (Wildman–Crippen MR) is 55.9 cm³/mol. The molecule has 2 heteroatoms. The normalized spacial score (nSPS) is 19.5. The lowest BCUT2D eigenvalue weighted by Gasteiger charge is -2.10. The molecule has 0 aliphatic carbocycles. The van der Waals surface area contributed by atoms with Crippen molar-refractivity contribution in [2.45, 2.75) is 26.4 Å². The van der Waals surface area contributed by atoms with Crippen LogP contribution in [0.25, 0.3) is 0 Å². The molecular weight excluding hydrogens is 176 g/mol. The van der Waals surface area contributed by atoms with Crippen LogP contribution in [0.2, 0.25) is 0 Å². The highest BCUT2D eigenvalue weighted by Gasteiger charge is 2.23. The van der Waals surface area contributed by atoms with Crippen LogP contribution in [0.1, 0.15) is 16.7 Å². The van der Waals surface area contributed by atoms with Gasteiger partial charge in [0.15, 0.2) is 0 Å². The summed E-state index contributed by atoms with van der Waals surface area (Å²) in [5, 5.41) is 0. The van der Waals surface area contributed by atoms with Crippen LogP contribution in [0.15, 0.2) is 12.1 Å². The molecule has 0 bridgehead atoms. The van der Waals surface area contributed by atoms with Gasteiger partial charge in [-0.15, -0.1) is 0 Å². The zero-order chi connectivity index (χ0) is 10.1. The fourth-order valence-corrected chi connectivity index (χ4v) is 1.68. The smallest absolute Gasteiger partial charge is 0.122 e. The molecule has 2 rings (SSSR count). The van der Waals surface area contributed by atoms with Crippen LogP contribution in [-0.2, 0) is 11.2 Å². The molecule has 1 atom stereocenters. The molecule has 2 nitrogen and oxygen atoms in total. The third-order valence-electron chi connectivity index (χ3n) is 2.77. The van der Waals surface area contributed by atoms with Gasteiger partial charge >= 0.3 is 0 Å². The van der Waals surface area contributed by atoms with Gasteiger partial charge in [0, 0.05) is 6.42 Å². The molecule has 1 heterocycles. The van der Waals surface area contributed by atoms with Crippen LogP contribution in [0.5, 0.6) is 5.75 Å². The molecular formula is C12H16O2. The first-order valence-corrected chi connectivity index (χ1v) is 4.96. The lowest BCUT2D eigenvalue weighted by molar-refractivity contribution is 0.403. The summed E-state index contributed by atoms with van der Waals surface area (Å²) in [6.07, 6.45) is 1.46. The van der Waals surface area contributed by atoms with Gasteiger partial charge in [-0.2, -0.15) is 0 Å². The largest absolute Gasteiger partial charge is 0.496 e. The van der Waals surface area contributed by atoms with Gasteiger partial charge in [0.2, 0.25) is 0 Å². The number of epoxide rings is 1. The lowest BCUT2D eigenvalue weighted by atomic mass is 10.0. The Morgan fingerprint density at radius 3 is 2.71 bits per heavy atom. The molecule has 0 saturated carbocycles. The van der Waals surface area contributed by atoms with Gasteiger partial charge in [0.1, 0.15) is 5.75 Å². The first-order valence-electron chi connectivity index (χ1n) is 4.96. The Labute approximate surface area is 84.8 Å². The second-order valence-corrected chi connectivity index (χ2v) is 3.90. The Morgan fingerprint density at radius 1 is 1.43 bits per heavy atom. The minimum atomic E-state index is 0.446. The van der Waals surface area contributed by atoms with Crippen molar-refractivity contribution in [3.63, 3.8) is 0 Å². The van der Waals surface area contributed by atoms with E-state index >= 15 is 0 Å². The molecule has 0 amide bonds. The van der Waals surface area contributed by atoms with E-state index in [-0.39, 0.29) is 0 Å². The van der Waals surface area contributed by atoms with E-state index < -0.39 is 0 Å². The van der Waals surface area contributed by atoms with E-state index in [4.69, 9.17) is 9.47 Å². The number of ether oxygens (including phenoxy) is 2. The number of benzene rings is 1. The van der Waals surface area contributed by atoms with Gasteiger partial charge in [-0.3, -0.25) is 0 Å². The zero-order valence-corrected chi connectivity index (χ0v) is 8.96. The summed E-state index contributed by atoms with van der Waals surface area (Å²) in [5.41, 5.74) is 3.83. The van der Waals surface area contributed by atoms with Crippen molar-refractivity contribution in [3.05, 3.63) is 28.8 Å². The van der Waals surface area contributed by atoms with E-state index in [1.54, 1.807) is 7.11 Å². The molecule has 1 saturated heterocycles. The molecule has 0 aromatic heterocycles. The number of rotatable bonds is 3. The SMILES string of the molecule is COc1cc(CC2CO2)cc(C)c1C. The van der Waals surface area contributed by atoms with Gasteiger partial charge in [-0.05, 0) is 36.6 Å². The first-order chi connectivity index (χ1) is 6.70. The van der Waals surface area contributed by atoms with Crippen molar-refractivity contribution in [1.29, 1.82) is 0 Å². The highest BCUT2D eigenvalue weighted by molar-refractivity contribution is 5.42.